The summed E-state index contributed by atoms with van der Waals surface area (Å²) in [4.78, 5) is 4.00. The van der Waals surface area contributed by atoms with Crippen molar-refractivity contribution in [1.29, 1.82) is 0 Å². The molecule has 8 heteroatoms. The number of halogens is 5. The molecule has 1 aromatic carbocycles. The van der Waals surface area contributed by atoms with Crippen LogP contribution in [0.5, 0.6) is 0 Å². The van der Waals surface area contributed by atoms with E-state index in [0.717, 1.165) is 6.07 Å². The molecule has 1 heterocycles. The Balaban J connectivity index is 2.48. The first-order valence-corrected chi connectivity index (χ1v) is 6.91. The predicted molar refractivity (Wildman–Crippen MR) is 80.8 cm³/mol. The number of hydrogen-bond donors (Lipinski definition) is 2. The molecule has 2 aromatic rings. The van der Waals surface area contributed by atoms with Crippen molar-refractivity contribution in [3.05, 3.63) is 45.0 Å². The number of nitrogen functional groups attached to an aromatic ring is 1. The fourth-order valence-corrected chi connectivity index (χ4v) is 2.27. The maximum absolute atomic E-state index is 13.0. The molecule has 0 spiro atoms. The average molecular weight is 381 g/mol. The van der Waals surface area contributed by atoms with Crippen molar-refractivity contribution in [2.24, 2.45) is 0 Å². The summed E-state index contributed by atoms with van der Waals surface area (Å²) in [6.45, 7) is 1.73. The Morgan fingerprint density at radius 1 is 1.33 bits per heavy atom. The normalized spacial score (nSPS) is 11.5. The van der Waals surface area contributed by atoms with Crippen LogP contribution in [0.3, 0.4) is 0 Å². The fourth-order valence-electron chi connectivity index (χ4n) is 1.67. The number of rotatable bonds is 2. The highest BCUT2D eigenvalue weighted by atomic mass is 79.9. The van der Waals surface area contributed by atoms with E-state index >= 15 is 0 Å². The molecule has 3 N–H and O–H groups in total. The van der Waals surface area contributed by atoms with Crippen LogP contribution in [0.1, 0.15) is 11.1 Å². The highest BCUT2D eigenvalue weighted by Gasteiger charge is 2.34. The summed E-state index contributed by atoms with van der Waals surface area (Å²) < 4.78 is 39.6. The third-order valence-corrected chi connectivity index (χ3v) is 4.05. The van der Waals surface area contributed by atoms with Gasteiger partial charge in [-0.2, -0.15) is 13.2 Å². The molecule has 2 rings (SSSR count). The van der Waals surface area contributed by atoms with E-state index < -0.39 is 11.7 Å². The van der Waals surface area contributed by atoms with Gasteiger partial charge in [0.05, 0.1) is 27.6 Å². The fraction of sp³-hybridized carbons (Fsp3) is 0.154. The Labute approximate surface area is 132 Å². The number of nitrogens with zero attached hydrogens (tertiary/aromatic N) is 1. The molecule has 21 heavy (non-hydrogen) atoms. The molecular formula is C13H10BrClF3N3. The standard InChI is InChI=1S/C13H10BrClF3N3/c1-6-9(19)5-20-12(11(6)14)21-10-3-2-7(15)4-8(10)13(16,17)18/h2-5H,19H2,1H3,(H,20,21). The van der Waals surface area contributed by atoms with Gasteiger partial charge in [-0.25, -0.2) is 4.98 Å². The van der Waals surface area contributed by atoms with Gasteiger partial charge >= 0.3 is 6.18 Å². The highest BCUT2D eigenvalue weighted by Crippen LogP contribution is 2.39. The molecule has 0 saturated carbocycles. The first kappa shape index (κ1) is 15.9. The minimum Gasteiger partial charge on any atom is -0.397 e. The van der Waals surface area contributed by atoms with Crippen LogP contribution < -0.4 is 11.1 Å². The monoisotopic (exact) mass is 379 g/mol. The lowest BCUT2D eigenvalue weighted by Crippen LogP contribution is -2.10. The van der Waals surface area contributed by atoms with Crippen LogP contribution in [0.2, 0.25) is 5.02 Å². The molecule has 0 unspecified atom stereocenters. The maximum Gasteiger partial charge on any atom is 0.418 e. The molecule has 0 fully saturated rings. The summed E-state index contributed by atoms with van der Waals surface area (Å²) in [6.07, 6.45) is -3.14. The highest BCUT2D eigenvalue weighted by molar-refractivity contribution is 9.10. The lowest BCUT2D eigenvalue weighted by Gasteiger charge is -2.16. The molecular weight excluding hydrogens is 371 g/mol. The SMILES string of the molecule is Cc1c(N)cnc(Nc2ccc(Cl)cc2C(F)(F)F)c1Br. The van der Waals surface area contributed by atoms with E-state index in [1.54, 1.807) is 6.92 Å². The molecule has 0 atom stereocenters. The maximum atomic E-state index is 13.0. The van der Waals surface area contributed by atoms with E-state index in [9.17, 15) is 13.2 Å². The van der Waals surface area contributed by atoms with Gasteiger partial charge in [0, 0.05) is 5.02 Å². The number of hydrogen-bond acceptors (Lipinski definition) is 3. The molecule has 0 saturated heterocycles. The number of benzene rings is 1. The van der Waals surface area contributed by atoms with Crippen molar-refractivity contribution in [3.8, 4) is 0 Å². The third kappa shape index (κ3) is 3.41. The van der Waals surface area contributed by atoms with Crippen LogP contribution in [0.15, 0.2) is 28.9 Å². The molecule has 1 aromatic heterocycles. The molecule has 0 aliphatic carbocycles. The van der Waals surface area contributed by atoms with E-state index in [0.29, 0.717) is 15.7 Å². The zero-order valence-electron chi connectivity index (χ0n) is 10.7. The van der Waals surface area contributed by atoms with Crippen LogP contribution in [-0.4, -0.2) is 4.98 Å². The van der Waals surface area contributed by atoms with Crippen molar-refractivity contribution in [2.75, 3.05) is 11.1 Å². The van der Waals surface area contributed by atoms with E-state index in [1.807, 2.05) is 0 Å². The van der Waals surface area contributed by atoms with Gasteiger partial charge < -0.3 is 11.1 Å². The van der Waals surface area contributed by atoms with Gasteiger partial charge in [0.2, 0.25) is 0 Å². The number of pyridine rings is 1. The number of aromatic nitrogens is 1. The second-order valence-corrected chi connectivity index (χ2v) is 5.54. The topological polar surface area (TPSA) is 50.9 Å². The Hall–Kier alpha value is -1.47. The summed E-state index contributed by atoms with van der Waals surface area (Å²) >= 11 is 8.90. The van der Waals surface area contributed by atoms with Crippen LogP contribution in [0.25, 0.3) is 0 Å². The van der Waals surface area contributed by atoms with Gasteiger partial charge in [0.15, 0.2) is 0 Å². The van der Waals surface area contributed by atoms with Crippen molar-refractivity contribution in [2.45, 2.75) is 13.1 Å². The molecule has 3 nitrogen and oxygen atoms in total. The minimum absolute atomic E-state index is 0.00777. The van der Waals surface area contributed by atoms with Gasteiger partial charge in [0.1, 0.15) is 5.82 Å². The van der Waals surface area contributed by atoms with E-state index in [2.05, 4.69) is 26.2 Å². The number of nitrogens with one attached hydrogen (secondary N) is 1. The first-order valence-electron chi connectivity index (χ1n) is 5.74. The molecule has 0 aliphatic rings. The number of anilines is 3. The minimum atomic E-state index is -4.53. The van der Waals surface area contributed by atoms with E-state index in [4.69, 9.17) is 17.3 Å². The lowest BCUT2D eigenvalue weighted by atomic mass is 10.1. The van der Waals surface area contributed by atoms with Crippen LogP contribution in [0, 0.1) is 6.92 Å². The summed E-state index contributed by atoms with van der Waals surface area (Å²) in [5.41, 5.74) is 5.82. The zero-order chi connectivity index (χ0) is 15.8. The Bertz CT molecular complexity index is 689. The third-order valence-electron chi connectivity index (χ3n) is 2.84. The quantitative estimate of drug-likeness (QED) is 0.757. The average Bonchev–Trinajstić information content (AvgIpc) is 2.40. The second-order valence-electron chi connectivity index (χ2n) is 4.31. The number of alkyl halides is 3. The summed E-state index contributed by atoms with van der Waals surface area (Å²) in [6, 6.07) is 3.49. The summed E-state index contributed by atoms with van der Waals surface area (Å²) in [7, 11) is 0. The van der Waals surface area contributed by atoms with Crippen LogP contribution in [-0.2, 0) is 6.18 Å². The molecule has 0 radical (unpaired) electrons. The van der Waals surface area contributed by atoms with Crippen LogP contribution >= 0.6 is 27.5 Å². The molecule has 0 bridgehead atoms. The second kappa shape index (κ2) is 5.73. The molecule has 0 aliphatic heterocycles. The summed E-state index contributed by atoms with van der Waals surface area (Å²) in [5, 5.41) is 2.66. The smallest absolute Gasteiger partial charge is 0.397 e. The van der Waals surface area contributed by atoms with Gasteiger partial charge in [-0.1, -0.05) is 11.6 Å². The Kier molecular flexibility index (Phi) is 4.34. The predicted octanol–water partition coefficient (Wildman–Crippen LogP) is 5.15. The van der Waals surface area contributed by atoms with Gasteiger partial charge in [-0.3, -0.25) is 0 Å². The van der Waals surface area contributed by atoms with E-state index in [1.165, 1.54) is 18.3 Å². The molecule has 0 amide bonds. The van der Waals surface area contributed by atoms with Crippen molar-refractivity contribution in [3.63, 3.8) is 0 Å². The van der Waals surface area contributed by atoms with Crippen molar-refractivity contribution < 1.29 is 13.2 Å². The number of nitrogens with two attached hydrogens (primary N) is 1. The van der Waals surface area contributed by atoms with Gasteiger partial charge in [-0.05, 0) is 46.6 Å². The Morgan fingerprint density at radius 2 is 2.00 bits per heavy atom. The van der Waals surface area contributed by atoms with Gasteiger partial charge in [-0.15, -0.1) is 0 Å². The van der Waals surface area contributed by atoms with Crippen LogP contribution in [0.4, 0.5) is 30.4 Å². The lowest BCUT2D eigenvalue weighted by molar-refractivity contribution is -0.136. The van der Waals surface area contributed by atoms with Gasteiger partial charge in [0.25, 0.3) is 0 Å². The Morgan fingerprint density at radius 3 is 2.62 bits per heavy atom. The molecule has 112 valence electrons. The van der Waals surface area contributed by atoms with Crippen molar-refractivity contribution in [1.82, 2.24) is 4.98 Å². The zero-order valence-corrected chi connectivity index (χ0v) is 13.1. The van der Waals surface area contributed by atoms with E-state index in [-0.39, 0.29) is 16.5 Å². The van der Waals surface area contributed by atoms with Crippen molar-refractivity contribution >= 4 is 44.7 Å². The largest absolute Gasteiger partial charge is 0.418 e. The first-order chi connectivity index (χ1) is 9.70. The summed E-state index contributed by atoms with van der Waals surface area (Å²) in [5.74, 6) is 0.245.